The standard InChI is InChI=1S/C7H13O10P/c8-2-3(9)1-4(10)5(11)6(12)7(13)17-18(14,15)16/h2-6,9-12H,1H2,(H2,14,15,16). The summed E-state index contributed by atoms with van der Waals surface area (Å²) in [7, 11) is -5.19. The summed E-state index contributed by atoms with van der Waals surface area (Å²) in [5.41, 5.74) is 0. The highest BCUT2D eigenvalue weighted by atomic mass is 31.2. The molecule has 10 nitrogen and oxygen atoms in total. The molecule has 0 aliphatic carbocycles. The molecule has 0 aromatic carbocycles. The first-order valence-corrected chi connectivity index (χ1v) is 6.08. The topological polar surface area (TPSA) is 182 Å². The number of rotatable bonds is 7. The lowest BCUT2D eigenvalue weighted by atomic mass is 10.0. The van der Waals surface area contributed by atoms with Crippen molar-refractivity contribution < 1.29 is 48.9 Å². The normalized spacial score (nSPS) is 18.6. The first-order valence-electron chi connectivity index (χ1n) is 4.55. The molecule has 106 valence electrons. The third kappa shape index (κ3) is 6.17. The Morgan fingerprint density at radius 1 is 1.22 bits per heavy atom. The van der Waals surface area contributed by atoms with Crippen LogP contribution >= 0.6 is 7.82 Å². The molecule has 0 radical (unpaired) electrons. The second-order valence-corrected chi connectivity index (χ2v) is 4.51. The highest BCUT2D eigenvalue weighted by Gasteiger charge is 2.35. The second kappa shape index (κ2) is 6.90. The van der Waals surface area contributed by atoms with Crippen molar-refractivity contribution in [2.24, 2.45) is 0 Å². The number of hydrogen-bond acceptors (Lipinski definition) is 8. The Hall–Kier alpha value is -0.870. The number of phosphoric acid groups is 1. The van der Waals surface area contributed by atoms with Crippen LogP contribution in [-0.2, 0) is 18.7 Å². The van der Waals surface area contributed by atoms with E-state index in [2.05, 4.69) is 4.52 Å². The predicted octanol–water partition coefficient (Wildman–Crippen LogP) is -3.35. The maximum Gasteiger partial charge on any atom is 0.527 e. The monoisotopic (exact) mass is 288 g/mol. The zero-order chi connectivity index (χ0) is 14.5. The van der Waals surface area contributed by atoms with Crippen molar-refractivity contribution in [3.63, 3.8) is 0 Å². The smallest absolute Gasteiger partial charge is 0.390 e. The van der Waals surface area contributed by atoms with E-state index in [9.17, 15) is 24.4 Å². The van der Waals surface area contributed by atoms with Crippen molar-refractivity contribution in [3.05, 3.63) is 0 Å². The largest absolute Gasteiger partial charge is 0.527 e. The van der Waals surface area contributed by atoms with Gasteiger partial charge in [0, 0.05) is 6.42 Å². The number of aliphatic hydroxyl groups is 4. The Kier molecular flexibility index (Phi) is 6.57. The summed E-state index contributed by atoms with van der Waals surface area (Å²) in [6.45, 7) is 0. The maximum atomic E-state index is 10.9. The van der Waals surface area contributed by atoms with E-state index in [1.165, 1.54) is 0 Å². The molecule has 0 bridgehead atoms. The van der Waals surface area contributed by atoms with Crippen LogP contribution in [0, 0.1) is 0 Å². The predicted molar refractivity (Wildman–Crippen MR) is 52.8 cm³/mol. The molecule has 0 spiro atoms. The molecule has 0 amide bonds. The van der Waals surface area contributed by atoms with Crippen LogP contribution in [0.3, 0.4) is 0 Å². The number of aldehydes is 1. The van der Waals surface area contributed by atoms with E-state index < -0.39 is 44.6 Å². The molecule has 4 unspecified atom stereocenters. The van der Waals surface area contributed by atoms with Gasteiger partial charge in [-0.05, 0) is 0 Å². The van der Waals surface area contributed by atoms with Crippen molar-refractivity contribution in [3.8, 4) is 0 Å². The van der Waals surface area contributed by atoms with Crippen LogP contribution in [0.15, 0.2) is 0 Å². The van der Waals surface area contributed by atoms with Crippen LogP contribution in [-0.4, -0.2) is 66.9 Å². The summed E-state index contributed by atoms with van der Waals surface area (Å²) in [5, 5.41) is 36.4. The fraction of sp³-hybridized carbons (Fsp3) is 0.714. The second-order valence-electron chi connectivity index (χ2n) is 3.34. The van der Waals surface area contributed by atoms with Gasteiger partial charge in [0.15, 0.2) is 6.10 Å². The summed E-state index contributed by atoms with van der Waals surface area (Å²) in [5.74, 6) is -1.85. The van der Waals surface area contributed by atoms with Gasteiger partial charge in [0.05, 0.1) is 6.10 Å². The van der Waals surface area contributed by atoms with Crippen molar-refractivity contribution in [1.82, 2.24) is 0 Å². The zero-order valence-corrected chi connectivity index (χ0v) is 9.75. The van der Waals surface area contributed by atoms with E-state index >= 15 is 0 Å². The van der Waals surface area contributed by atoms with Gasteiger partial charge in [-0.3, -0.25) is 9.79 Å². The van der Waals surface area contributed by atoms with Gasteiger partial charge >= 0.3 is 13.8 Å². The summed E-state index contributed by atoms with van der Waals surface area (Å²) in [4.78, 5) is 37.5. The molecule has 0 fully saturated rings. The van der Waals surface area contributed by atoms with Gasteiger partial charge in [0.2, 0.25) is 0 Å². The van der Waals surface area contributed by atoms with Gasteiger partial charge in [0.1, 0.15) is 18.5 Å². The van der Waals surface area contributed by atoms with Gasteiger partial charge in [-0.1, -0.05) is 0 Å². The molecule has 6 N–H and O–H groups in total. The van der Waals surface area contributed by atoms with Crippen molar-refractivity contribution in [2.45, 2.75) is 30.8 Å². The molecule has 0 heterocycles. The average molecular weight is 288 g/mol. The first-order chi connectivity index (χ1) is 8.08. The SMILES string of the molecule is O=CC(O)CC(O)C(O)C(O)C(=O)OP(=O)(O)O. The Balaban J connectivity index is 4.49. The lowest BCUT2D eigenvalue weighted by Crippen LogP contribution is -2.44. The summed E-state index contributed by atoms with van der Waals surface area (Å²) in [6.07, 6.45) is -8.74. The van der Waals surface area contributed by atoms with E-state index in [0.29, 0.717) is 0 Å². The van der Waals surface area contributed by atoms with Crippen LogP contribution in [0.4, 0.5) is 0 Å². The minimum Gasteiger partial charge on any atom is -0.390 e. The number of hydrogen-bond donors (Lipinski definition) is 6. The molecule has 0 saturated heterocycles. The highest BCUT2D eigenvalue weighted by molar-refractivity contribution is 7.46. The van der Waals surface area contributed by atoms with Crippen LogP contribution in [0.1, 0.15) is 6.42 Å². The Morgan fingerprint density at radius 2 is 1.72 bits per heavy atom. The van der Waals surface area contributed by atoms with E-state index in [1.807, 2.05) is 0 Å². The van der Waals surface area contributed by atoms with Gasteiger partial charge < -0.3 is 29.7 Å². The third-order valence-electron chi connectivity index (χ3n) is 1.81. The van der Waals surface area contributed by atoms with E-state index in [1.54, 1.807) is 0 Å². The summed E-state index contributed by atoms with van der Waals surface area (Å²) >= 11 is 0. The quantitative estimate of drug-likeness (QED) is 0.204. The lowest BCUT2D eigenvalue weighted by Gasteiger charge is -2.22. The van der Waals surface area contributed by atoms with E-state index in [-0.39, 0.29) is 6.29 Å². The summed E-state index contributed by atoms with van der Waals surface area (Å²) in [6, 6.07) is 0. The Bertz CT molecular complexity index is 337. The molecule has 0 aliphatic rings. The molecule has 18 heavy (non-hydrogen) atoms. The van der Waals surface area contributed by atoms with Crippen molar-refractivity contribution >= 4 is 20.1 Å². The van der Waals surface area contributed by atoms with Crippen molar-refractivity contribution in [1.29, 1.82) is 0 Å². The van der Waals surface area contributed by atoms with Crippen LogP contribution in [0.25, 0.3) is 0 Å². The number of aliphatic hydroxyl groups excluding tert-OH is 4. The van der Waals surface area contributed by atoms with Gasteiger partial charge in [0.25, 0.3) is 0 Å². The molecule has 4 atom stereocenters. The minimum absolute atomic E-state index is 0.0519. The van der Waals surface area contributed by atoms with Gasteiger partial charge in [-0.15, -0.1) is 0 Å². The number of carbonyl (C=O) groups excluding carboxylic acids is 2. The van der Waals surface area contributed by atoms with Crippen LogP contribution < -0.4 is 0 Å². The van der Waals surface area contributed by atoms with Crippen molar-refractivity contribution in [2.75, 3.05) is 0 Å². The molecule has 0 aliphatic heterocycles. The number of carbonyl (C=O) groups is 2. The molecule has 0 aromatic rings. The lowest BCUT2D eigenvalue weighted by molar-refractivity contribution is -0.157. The molecule has 0 aromatic heterocycles. The molecule has 0 rings (SSSR count). The van der Waals surface area contributed by atoms with E-state index in [4.69, 9.17) is 20.0 Å². The van der Waals surface area contributed by atoms with E-state index in [0.717, 1.165) is 0 Å². The average Bonchev–Trinajstić information content (AvgIpc) is 2.24. The third-order valence-corrected chi connectivity index (χ3v) is 2.23. The fourth-order valence-electron chi connectivity index (χ4n) is 0.963. The minimum atomic E-state index is -5.19. The molecular formula is C7H13O10P. The molecule has 11 heteroatoms. The summed E-state index contributed by atoms with van der Waals surface area (Å²) < 4.78 is 13.7. The molecular weight excluding hydrogens is 275 g/mol. The zero-order valence-electron chi connectivity index (χ0n) is 8.86. The Morgan fingerprint density at radius 3 is 2.11 bits per heavy atom. The van der Waals surface area contributed by atoms with Gasteiger partial charge in [-0.2, -0.15) is 0 Å². The fourth-order valence-corrected chi connectivity index (χ4v) is 1.31. The van der Waals surface area contributed by atoms with Crippen LogP contribution in [0.5, 0.6) is 0 Å². The highest BCUT2D eigenvalue weighted by Crippen LogP contribution is 2.36. The Labute approximate surface area is 101 Å². The maximum absolute atomic E-state index is 10.9. The van der Waals surface area contributed by atoms with Crippen LogP contribution in [0.2, 0.25) is 0 Å². The molecule has 0 saturated carbocycles. The van der Waals surface area contributed by atoms with Gasteiger partial charge in [-0.25, -0.2) is 9.36 Å². The first kappa shape index (κ1) is 17.1. The number of phosphoric ester groups is 1.